The average Bonchev–Trinajstić information content (AvgIpc) is 3.36. The zero-order valence-electron chi connectivity index (χ0n) is 14.1. The molecule has 4 heterocycles. The molecule has 1 aromatic rings. The molecule has 3 aliphatic heterocycles. The molecule has 0 spiro atoms. The van der Waals surface area contributed by atoms with E-state index in [1.54, 1.807) is 12.3 Å². The van der Waals surface area contributed by atoms with Crippen LogP contribution in [0, 0.1) is 11.8 Å². The highest BCUT2D eigenvalue weighted by Gasteiger charge is 2.47. The number of fused-ring (bicyclic) bond motifs is 1. The maximum absolute atomic E-state index is 12.7. The number of piperidine rings is 1. The molecular weight excluding hydrogens is 324 g/mol. The van der Waals surface area contributed by atoms with Crippen LogP contribution in [0.5, 0.6) is 0 Å². The maximum Gasteiger partial charge on any atom is 0.240 e. The lowest BCUT2D eigenvalue weighted by Gasteiger charge is -2.39. The van der Waals surface area contributed by atoms with Crippen LogP contribution in [0.2, 0.25) is 0 Å². The zero-order valence-corrected chi connectivity index (χ0v) is 14.1. The smallest absolute Gasteiger partial charge is 0.240 e. The van der Waals surface area contributed by atoms with Crippen molar-refractivity contribution in [2.45, 2.75) is 31.5 Å². The number of furan rings is 1. The van der Waals surface area contributed by atoms with E-state index in [2.05, 4.69) is 21.1 Å². The summed E-state index contributed by atoms with van der Waals surface area (Å²) in [4.78, 5) is 27.1. The van der Waals surface area contributed by atoms with Crippen molar-refractivity contribution < 1.29 is 18.7 Å². The van der Waals surface area contributed by atoms with Gasteiger partial charge in [-0.05, 0) is 25.0 Å². The number of amides is 2. The van der Waals surface area contributed by atoms with Gasteiger partial charge < -0.3 is 14.5 Å². The minimum absolute atomic E-state index is 0.0362. The number of nitrogens with zero attached hydrogens (tertiary/aromatic N) is 1. The Morgan fingerprint density at radius 2 is 2.32 bits per heavy atom. The number of rotatable bonds is 5. The molecule has 8 nitrogen and oxygen atoms in total. The lowest BCUT2D eigenvalue weighted by atomic mass is 9.84. The summed E-state index contributed by atoms with van der Waals surface area (Å²) in [6, 6.07) is 3.44. The second kappa shape index (κ2) is 7.15. The Morgan fingerprint density at radius 1 is 1.40 bits per heavy atom. The normalized spacial score (nSPS) is 32.4. The van der Waals surface area contributed by atoms with E-state index in [0.717, 1.165) is 26.0 Å². The fraction of sp³-hybridized carbons (Fsp3) is 0.647. The second-order valence-corrected chi connectivity index (χ2v) is 7.02. The fourth-order valence-corrected chi connectivity index (χ4v) is 4.02. The lowest BCUT2D eigenvalue weighted by Crippen LogP contribution is -2.57. The molecule has 0 aromatic carbocycles. The fourth-order valence-electron chi connectivity index (χ4n) is 4.02. The van der Waals surface area contributed by atoms with Gasteiger partial charge in [0.25, 0.3) is 0 Å². The van der Waals surface area contributed by atoms with Gasteiger partial charge in [0, 0.05) is 26.2 Å². The first-order valence-corrected chi connectivity index (χ1v) is 8.90. The molecule has 0 saturated carbocycles. The number of ether oxygens (including phenoxy) is 1. The monoisotopic (exact) mass is 348 g/mol. The summed E-state index contributed by atoms with van der Waals surface area (Å²) in [5.74, 6) is 0.104. The van der Waals surface area contributed by atoms with Crippen LogP contribution < -0.4 is 16.2 Å². The highest BCUT2D eigenvalue weighted by atomic mass is 16.5. The van der Waals surface area contributed by atoms with Crippen molar-refractivity contribution in [2.24, 2.45) is 11.8 Å². The zero-order chi connectivity index (χ0) is 17.2. The predicted octanol–water partition coefficient (Wildman–Crippen LogP) is -0.374. The number of nitrogens with one attached hydrogen (secondary N) is 3. The van der Waals surface area contributed by atoms with Gasteiger partial charge in [-0.1, -0.05) is 0 Å². The predicted molar refractivity (Wildman–Crippen MR) is 88.0 cm³/mol. The average molecular weight is 348 g/mol. The van der Waals surface area contributed by atoms with Crippen LogP contribution in [0.3, 0.4) is 0 Å². The van der Waals surface area contributed by atoms with Crippen LogP contribution in [0.25, 0.3) is 0 Å². The first-order valence-electron chi connectivity index (χ1n) is 8.90. The van der Waals surface area contributed by atoms with Crippen molar-refractivity contribution in [3.05, 3.63) is 24.2 Å². The molecule has 4 rings (SSSR count). The number of carbonyl (C=O) groups excluding carboxylic acids is 2. The van der Waals surface area contributed by atoms with Crippen molar-refractivity contribution in [1.82, 2.24) is 21.1 Å². The minimum atomic E-state index is -0.297. The van der Waals surface area contributed by atoms with Crippen LogP contribution in [-0.2, 0) is 20.9 Å². The van der Waals surface area contributed by atoms with Gasteiger partial charge in [0.1, 0.15) is 5.76 Å². The highest BCUT2D eigenvalue weighted by Crippen LogP contribution is 2.27. The number of carbonyl (C=O) groups is 2. The first kappa shape index (κ1) is 16.6. The molecule has 3 saturated heterocycles. The van der Waals surface area contributed by atoms with E-state index >= 15 is 0 Å². The van der Waals surface area contributed by atoms with Gasteiger partial charge in [0.2, 0.25) is 11.8 Å². The van der Waals surface area contributed by atoms with E-state index in [1.165, 1.54) is 0 Å². The molecule has 4 atom stereocenters. The van der Waals surface area contributed by atoms with Crippen molar-refractivity contribution in [2.75, 3.05) is 26.2 Å². The lowest BCUT2D eigenvalue weighted by molar-refractivity contribution is -0.130. The van der Waals surface area contributed by atoms with E-state index in [4.69, 9.17) is 9.15 Å². The van der Waals surface area contributed by atoms with Gasteiger partial charge >= 0.3 is 0 Å². The van der Waals surface area contributed by atoms with Gasteiger partial charge in [-0.3, -0.25) is 19.9 Å². The summed E-state index contributed by atoms with van der Waals surface area (Å²) in [6.45, 7) is 3.21. The standard InChI is InChI=1S/C17H24N4O4/c22-16(18-7-11-3-1-5-24-11)13-9-21(8-12-4-2-6-25-12)10-14-15(13)19-20-17(14)23/h1,3,5,12-15,19H,2,4,6-10H2,(H,18,22)(H,20,23). The Morgan fingerprint density at radius 3 is 3.08 bits per heavy atom. The molecule has 3 N–H and O–H groups in total. The van der Waals surface area contributed by atoms with Gasteiger partial charge in [-0.2, -0.15) is 0 Å². The Balaban J connectivity index is 1.42. The Labute approximate surface area is 146 Å². The third-order valence-corrected chi connectivity index (χ3v) is 5.32. The molecule has 0 bridgehead atoms. The van der Waals surface area contributed by atoms with E-state index in [9.17, 15) is 9.59 Å². The second-order valence-electron chi connectivity index (χ2n) is 7.02. The summed E-state index contributed by atoms with van der Waals surface area (Å²) in [6.07, 6.45) is 3.92. The van der Waals surface area contributed by atoms with Crippen LogP contribution in [-0.4, -0.2) is 55.1 Å². The quantitative estimate of drug-likeness (QED) is 0.672. The molecule has 0 radical (unpaired) electrons. The van der Waals surface area contributed by atoms with Gasteiger partial charge in [0.05, 0.1) is 36.8 Å². The molecule has 3 fully saturated rings. The Hall–Kier alpha value is -1.90. The molecule has 8 heteroatoms. The molecule has 1 aromatic heterocycles. The Bertz CT molecular complexity index is 614. The van der Waals surface area contributed by atoms with Crippen LogP contribution in [0.1, 0.15) is 18.6 Å². The molecular formula is C17H24N4O4. The van der Waals surface area contributed by atoms with Crippen LogP contribution in [0.15, 0.2) is 22.8 Å². The maximum atomic E-state index is 12.7. The molecule has 25 heavy (non-hydrogen) atoms. The molecule has 136 valence electrons. The third-order valence-electron chi connectivity index (χ3n) is 5.32. The van der Waals surface area contributed by atoms with Crippen molar-refractivity contribution >= 4 is 11.8 Å². The Kier molecular flexibility index (Phi) is 4.74. The number of likely N-dealkylation sites (tertiary alicyclic amines) is 1. The molecule has 2 amide bonds. The van der Waals surface area contributed by atoms with Crippen LogP contribution in [0.4, 0.5) is 0 Å². The van der Waals surface area contributed by atoms with Crippen molar-refractivity contribution in [3.63, 3.8) is 0 Å². The van der Waals surface area contributed by atoms with Crippen LogP contribution >= 0.6 is 0 Å². The van der Waals surface area contributed by atoms with E-state index in [0.29, 0.717) is 25.4 Å². The van der Waals surface area contributed by atoms with E-state index in [-0.39, 0.29) is 35.8 Å². The third kappa shape index (κ3) is 3.56. The molecule has 3 aliphatic rings. The van der Waals surface area contributed by atoms with E-state index in [1.807, 2.05) is 6.07 Å². The van der Waals surface area contributed by atoms with Crippen molar-refractivity contribution in [1.29, 1.82) is 0 Å². The SMILES string of the molecule is O=C(NCc1ccco1)C1CN(CC2CCCO2)CC2C(=O)NNC12. The van der Waals surface area contributed by atoms with Gasteiger partial charge in [-0.25, -0.2) is 5.43 Å². The minimum Gasteiger partial charge on any atom is -0.467 e. The summed E-state index contributed by atoms with van der Waals surface area (Å²) in [5, 5.41) is 2.93. The number of hydrogen-bond donors (Lipinski definition) is 3. The largest absolute Gasteiger partial charge is 0.467 e. The summed E-state index contributed by atoms with van der Waals surface area (Å²) < 4.78 is 11.0. The van der Waals surface area contributed by atoms with Gasteiger partial charge in [-0.15, -0.1) is 0 Å². The topological polar surface area (TPSA) is 95.8 Å². The summed E-state index contributed by atoms with van der Waals surface area (Å²) in [7, 11) is 0. The first-order chi connectivity index (χ1) is 12.2. The highest BCUT2D eigenvalue weighted by molar-refractivity contribution is 5.85. The molecule has 4 unspecified atom stereocenters. The number of hydrogen-bond acceptors (Lipinski definition) is 6. The van der Waals surface area contributed by atoms with Crippen molar-refractivity contribution in [3.8, 4) is 0 Å². The summed E-state index contributed by atoms with van der Waals surface area (Å²) in [5.41, 5.74) is 5.69. The van der Waals surface area contributed by atoms with Gasteiger partial charge in [0.15, 0.2) is 0 Å². The summed E-state index contributed by atoms with van der Waals surface area (Å²) >= 11 is 0. The number of hydrazine groups is 1. The molecule has 0 aliphatic carbocycles. The van der Waals surface area contributed by atoms with E-state index < -0.39 is 0 Å².